The van der Waals surface area contributed by atoms with Crippen molar-refractivity contribution < 1.29 is 19.4 Å². The van der Waals surface area contributed by atoms with Gasteiger partial charge in [-0.2, -0.15) is 10.5 Å². The molecule has 0 bridgehead atoms. The summed E-state index contributed by atoms with van der Waals surface area (Å²) in [5, 5.41) is 32.8. The van der Waals surface area contributed by atoms with E-state index >= 15 is 0 Å². The van der Waals surface area contributed by atoms with E-state index in [1.54, 1.807) is 6.07 Å². The number of aryl methyl sites for hydroxylation is 1. The number of nitrogens with one attached hydrogen (secondary N) is 2. The van der Waals surface area contributed by atoms with Gasteiger partial charge in [0.1, 0.15) is 11.6 Å². The average molecular weight is 432 g/mol. The van der Waals surface area contributed by atoms with Gasteiger partial charge in [0.25, 0.3) is 0 Å². The van der Waals surface area contributed by atoms with Crippen LogP contribution in [0.3, 0.4) is 0 Å². The van der Waals surface area contributed by atoms with E-state index in [0.717, 1.165) is 22.3 Å². The van der Waals surface area contributed by atoms with E-state index in [-0.39, 0.29) is 32.5 Å². The molecule has 0 aromatic heterocycles. The number of hydrogen-bond acceptors (Lipinski definition) is 5. The Hall–Kier alpha value is -3.88. The number of ether oxygens (including phenoxy) is 1. The molecule has 0 aliphatic carbocycles. The van der Waals surface area contributed by atoms with E-state index in [1.165, 1.54) is 0 Å². The van der Waals surface area contributed by atoms with E-state index in [9.17, 15) is 14.9 Å². The molecule has 8 heteroatoms. The Balaban J connectivity index is 1.69. The lowest BCUT2D eigenvalue weighted by molar-refractivity contribution is -0.131. The Bertz CT molecular complexity index is 1080. The zero-order valence-electron chi connectivity index (χ0n) is 17.7. The lowest BCUT2D eigenvalue weighted by Gasteiger charge is -2.36. The van der Waals surface area contributed by atoms with Crippen LogP contribution in [-0.4, -0.2) is 41.9 Å². The zero-order chi connectivity index (χ0) is 23.1. The maximum Gasteiger partial charge on any atom is 0.405 e. The maximum atomic E-state index is 12.9. The van der Waals surface area contributed by atoms with Gasteiger partial charge in [-0.25, -0.2) is 4.79 Å². The van der Waals surface area contributed by atoms with Gasteiger partial charge < -0.3 is 20.5 Å². The van der Waals surface area contributed by atoms with Gasteiger partial charge in [0, 0.05) is 32.5 Å². The van der Waals surface area contributed by atoms with Crippen molar-refractivity contribution in [2.24, 2.45) is 0 Å². The fourth-order valence-electron chi connectivity index (χ4n) is 3.80. The normalized spacial score (nSPS) is 15.6. The zero-order valence-corrected chi connectivity index (χ0v) is 17.7. The standard InChI is InChI=1S/C24H24N4O4/c1-16-12-19(6-7-20(16)14-25)18-4-2-17(3-5-18)13-21(15-26)27-22(29)24(28-23(30)31)8-10-32-11-9-24/h2-7,12,21,28H,8-11,13H2,1H3,(H,27,29)(H,30,31). The molecule has 2 aromatic rings. The Labute approximate surface area is 186 Å². The van der Waals surface area contributed by atoms with Gasteiger partial charge in [-0.1, -0.05) is 36.4 Å². The Morgan fingerprint density at radius 2 is 1.78 bits per heavy atom. The fraction of sp³-hybridized carbons (Fsp3) is 0.333. The van der Waals surface area contributed by atoms with Crippen LogP contribution in [0.15, 0.2) is 42.5 Å². The number of rotatable bonds is 6. The molecule has 8 nitrogen and oxygen atoms in total. The van der Waals surface area contributed by atoms with Gasteiger partial charge in [-0.15, -0.1) is 0 Å². The molecule has 0 spiro atoms. The van der Waals surface area contributed by atoms with Crippen molar-refractivity contribution in [3.63, 3.8) is 0 Å². The highest BCUT2D eigenvalue weighted by atomic mass is 16.5. The molecule has 1 unspecified atom stereocenters. The van der Waals surface area contributed by atoms with Gasteiger partial charge in [0.2, 0.25) is 5.91 Å². The van der Waals surface area contributed by atoms with Crippen LogP contribution < -0.4 is 10.6 Å². The summed E-state index contributed by atoms with van der Waals surface area (Å²) in [6, 6.07) is 16.7. The van der Waals surface area contributed by atoms with Crippen LogP contribution in [0.1, 0.15) is 29.5 Å². The van der Waals surface area contributed by atoms with Crippen LogP contribution in [0.5, 0.6) is 0 Å². The molecular weight excluding hydrogens is 408 g/mol. The molecule has 1 heterocycles. The number of hydrogen-bond donors (Lipinski definition) is 3. The van der Waals surface area contributed by atoms with Crippen LogP contribution in [-0.2, 0) is 16.0 Å². The summed E-state index contributed by atoms with van der Waals surface area (Å²) in [7, 11) is 0. The first-order valence-corrected chi connectivity index (χ1v) is 10.3. The van der Waals surface area contributed by atoms with E-state index < -0.39 is 23.6 Å². The van der Waals surface area contributed by atoms with Crippen molar-refractivity contribution in [1.29, 1.82) is 10.5 Å². The predicted octanol–water partition coefficient (Wildman–Crippen LogP) is 2.90. The second kappa shape index (κ2) is 9.95. The number of carboxylic acid groups (broad SMARTS) is 1. The van der Waals surface area contributed by atoms with Crippen LogP contribution in [0.4, 0.5) is 4.79 Å². The molecule has 1 fully saturated rings. The van der Waals surface area contributed by atoms with Crippen LogP contribution in [0.2, 0.25) is 0 Å². The molecule has 0 radical (unpaired) electrons. The van der Waals surface area contributed by atoms with Crippen molar-refractivity contribution in [1.82, 2.24) is 10.6 Å². The van der Waals surface area contributed by atoms with E-state index in [0.29, 0.717) is 5.56 Å². The van der Waals surface area contributed by atoms with Crippen LogP contribution in [0.25, 0.3) is 11.1 Å². The van der Waals surface area contributed by atoms with Crippen molar-refractivity contribution >= 4 is 12.0 Å². The molecule has 1 aliphatic rings. The molecule has 1 atom stereocenters. The van der Waals surface area contributed by atoms with Gasteiger partial charge in [-0.05, 0) is 35.2 Å². The summed E-state index contributed by atoms with van der Waals surface area (Å²) in [6.45, 7) is 2.42. The minimum absolute atomic E-state index is 0.210. The second-order valence-electron chi connectivity index (χ2n) is 7.82. The summed E-state index contributed by atoms with van der Waals surface area (Å²) in [5.41, 5.74) is 3.07. The molecule has 0 saturated carbocycles. The van der Waals surface area contributed by atoms with Gasteiger partial charge in [0.05, 0.1) is 17.7 Å². The summed E-state index contributed by atoms with van der Waals surface area (Å²) in [5.74, 6) is -0.514. The number of carbonyl (C=O) groups is 2. The Kier molecular flexibility index (Phi) is 7.09. The molecule has 2 amide bonds. The second-order valence-corrected chi connectivity index (χ2v) is 7.82. The van der Waals surface area contributed by atoms with Gasteiger partial charge in [-0.3, -0.25) is 4.79 Å². The molecule has 2 aromatic carbocycles. The topological polar surface area (TPSA) is 135 Å². The largest absolute Gasteiger partial charge is 0.465 e. The number of benzene rings is 2. The number of nitriles is 2. The van der Waals surface area contributed by atoms with E-state index in [4.69, 9.17) is 15.1 Å². The summed E-state index contributed by atoms with van der Waals surface area (Å²) < 4.78 is 5.26. The quantitative estimate of drug-likeness (QED) is 0.642. The first-order chi connectivity index (χ1) is 15.4. The van der Waals surface area contributed by atoms with E-state index in [2.05, 4.69) is 22.8 Å². The van der Waals surface area contributed by atoms with Crippen molar-refractivity contribution in [2.75, 3.05) is 13.2 Å². The minimum Gasteiger partial charge on any atom is -0.465 e. The third kappa shape index (κ3) is 5.23. The molecule has 1 aliphatic heterocycles. The fourth-order valence-corrected chi connectivity index (χ4v) is 3.80. The molecule has 3 N–H and O–H groups in total. The number of amides is 2. The first kappa shape index (κ1) is 22.8. The highest BCUT2D eigenvalue weighted by molar-refractivity contribution is 5.90. The summed E-state index contributed by atoms with van der Waals surface area (Å²) in [6.07, 6.45) is -0.581. The third-order valence-corrected chi connectivity index (χ3v) is 5.66. The van der Waals surface area contributed by atoms with Gasteiger partial charge in [0.15, 0.2) is 0 Å². The van der Waals surface area contributed by atoms with Crippen molar-refractivity contribution in [2.45, 2.75) is 37.8 Å². The number of nitrogens with zero attached hydrogens (tertiary/aromatic N) is 2. The van der Waals surface area contributed by atoms with Gasteiger partial charge >= 0.3 is 6.09 Å². The Morgan fingerprint density at radius 3 is 2.34 bits per heavy atom. The Morgan fingerprint density at radius 1 is 1.12 bits per heavy atom. The highest BCUT2D eigenvalue weighted by Gasteiger charge is 2.42. The SMILES string of the molecule is Cc1cc(-c2ccc(CC(C#N)NC(=O)C3(NC(=O)O)CCOCC3)cc2)ccc1C#N. The predicted molar refractivity (Wildman–Crippen MR) is 117 cm³/mol. The third-order valence-electron chi connectivity index (χ3n) is 5.66. The molecular formula is C24H24N4O4. The van der Waals surface area contributed by atoms with E-state index in [1.807, 2.05) is 43.3 Å². The molecule has 32 heavy (non-hydrogen) atoms. The number of carbonyl (C=O) groups excluding carboxylic acids is 1. The lowest BCUT2D eigenvalue weighted by Crippen LogP contribution is -2.62. The minimum atomic E-state index is -1.30. The monoisotopic (exact) mass is 432 g/mol. The molecule has 1 saturated heterocycles. The summed E-state index contributed by atoms with van der Waals surface area (Å²) in [4.78, 5) is 24.1. The molecule has 3 rings (SSSR count). The highest BCUT2D eigenvalue weighted by Crippen LogP contribution is 2.24. The van der Waals surface area contributed by atoms with Crippen molar-refractivity contribution in [3.8, 4) is 23.3 Å². The van der Waals surface area contributed by atoms with Crippen molar-refractivity contribution in [3.05, 3.63) is 59.2 Å². The summed E-state index contributed by atoms with van der Waals surface area (Å²) >= 11 is 0. The first-order valence-electron chi connectivity index (χ1n) is 10.3. The van der Waals surface area contributed by atoms with Crippen LogP contribution >= 0.6 is 0 Å². The maximum absolute atomic E-state index is 12.9. The molecule has 164 valence electrons. The smallest absolute Gasteiger partial charge is 0.405 e. The average Bonchev–Trinajstić information content (AvgIpc) is 2.79. The van der Waals surface area contributed by atoms with Crippen LogP contribution in [0, 0.1) is 29.6 Å². The lowest BCUT2D eigenvalue weighted by atomic mass is 9.88.